The van der Waals surface area contributed by atoms with Crippen LogP contribution in [0, 0.1) is 20.8 Å². The Labute approximate surface area is 158 Å². The molecule has 0 aliphatic rings. The zero-order valence-electron chi connectivity index (χ0n) is 15.7. The van der Waals surface area contributed by atoms with E-state index < -0.39 is 5.91 Å². The summed E-state index contributed by atoms with van der Waals surface area (Å²) >= 11 is 0. The number of hydrogen-bond donors (Lipinski definition) is 1. The maximum atomic E-state index is 13.2. The van der Waals surface area contributed by atoms with Gasteiger partial charge in [-0.1, -0.05) is 12.1 Å². The third-order valence-electron chi connectivity index (χ3n) is 4.46. The predicted octanol–water partition coefficient (Wildman–Crippen LogP) is 3.08. The summed E-state index contributed by atoms with van der Waals surface area (Å²) in [5.74, 6) is -0.653. The Hall–Kier alpha value is -3.28. The number of carbonyl (C=O) groups is 2. The molecule has 3 rings (SSSR count). The molecule has 27 heavy (non-hydrogen) atoms. The Morgan fingerprint density at radius 3 is 2.33 bits per heavy atom. The number of primary amides is 1. The Morgan fingerprint density at radius 1 is 0.963 bits per heavy atom. The topological polar surface area (TPSA) is 89.2 Å². The van der Waals surface area contributed by atoms with E-state index in [1.165, 1.54) is 0 Å². The largest absolute Gasteiger partial charge is 0.370 e. The van der Waals surface area contributed by atoms with Gasteiger partial charge in [-0.2, -0.15) is 0 Å². The Balaban J connectivity index is 2.01. The maximum Gasteiger partial charge on any atom is 0.258 e. The van der Waals surface area contributed by atoms with Gasteiger partial charge in [-0.15, -0.1) is 0 Å². The second-order valence-electron chi connectivity index (χ2n) is 6.61. The van der Waals surface area contributed by atoms with E-state index in [1.54, 1.807) is 23.1 Å². The van der Waals surface area contributed by atoms with Gasteiger partial charge in [-0.05, 0) is 56.7 Å². The molecule has 2 amide bonds. The highest BCUT2D eigenvalue weighted by Crippen LogP contribution is 2.21. The average Bonchev–Trinajstić information content (AvgIpc) is 2.62. The van der Waals surface area contributed by atoms with E-state index >= 15 is 0 Å². The van der Waals surface area contributed by atoms with Crippen molar-refractivity contribution >= 4 is 28.5 Å². The zero-order valence-corrected chi connectivity index (χ0v) is 15.7. The summed E-state index contributed by atoms with van der Waals surface area (Å²) in [4.78, 5) is 35.1. The molecule has 138 valence electrons. The van der Waals surface area contributed by atoms with Gasteiger partial charge in [-0.3, -0.25) is 9.59 Å². The minimum atomic E-state index is -0.448. The van der Waals surface area contributed by atoms with Gasteiger partial charge in [-0.25, -0.2) is 9.97 Å². The highest BCUT2D eigenvalue weighted by molar-refractivity contribution is 6.07. The Bertz CT molecular complexity index is 1030. The molecular weight excluding hydrogens is 340 g/mol. The van der Waals surface area contributed by atoms with E-state index in [2.05, 4.69) is 9.97 Å². The molecule has 0 saturated carbocycles. The van der Waals surface area contributed by atoms with Crippen LogP contribution in [0.15, 0.2) is 42.5 Å². The summed E-state index contributed by atoms with van der Waals surface area (Å²) in [5, 5.41) is 0. The molecule has 1 aromatic heterocycles. The number of rotatable bonds is 5. The van der Waals surface area contributed by atoms with Gasteiger partial charge in [0.1, 0.15) is 0 Å². The smallest absolute Gasteiger partial charge is 0.258 e. The fourth-order valence-electron chi connectivity index (χ4n) is 2.89. The van der Waals surface area contributed by atoms with Gasteiger partial charge in [0.2, 0.25) is 5.91 Å². The van der Waals surface area contributed by atoms with Crippen LogP contribution in [0.2, 0.25) is 0 Å². The highest BCUT2D eigenvalue weighted by atomic mass is 16.2. The van der Waals surface area contributed by atoms with Crippen LogP contribution in [-0.2, 0) is 4.79 Å². The number of aryl methyl sites for hydroxylation is 3. The number of anilines is 1. The standard InChI is InChI=1S/C21H22N4O2/c1-13-5-4-6-17(11-13)25(10-9-20(22)26)21(27)16-7-8-18-19(12-16)24-15(3)14(2)23-18/h4-8,11-12H,9-10H2,1-3H3,(H2,22,26). The van der Waals surface area contributed by atoms with Crippen LogP contribution in [0.25, 0.3) is 11.0 Å². The SMILES string of the molecule is Cc1cccc(N(CCC(N)=O)C(=O)c2ccc3nc(C)c(C)nc3c2)c1. The monoisotopic (exact) mass is 362 g/mol. The van der Waals surface area contributed by atoms with E-state index in [4.69, 9.17) is 5.73 Å². The Morgan fingerprint density at radius 2 is 1.67 bits per heavy atom. The van der Waals surface area contributed by atoms with Gasteiger partial charge < -0.3 is 10.6 Å². The minimum Gasteiger partial charge on any atom is -0.370 e. The van der Waals surface area contributed by atoms with Crippen molar-refractivity contribution < 1.29 is 9.59 Å². The fourth-order valence-corrected chi connectivity index (χ4v) is 2.89. The molecule has 0 radical (unpaired) electrons. The summed E-state index contributed by atoms with van der Waals surface area (Å²) in [7, 11) is 0. The number of aromatic nitrogens is 2. The lowest BCUT2D eigenvalue weighted by atomic mass is 10.1. The molecule has 6 nitrogen and oxygen atoms in total. The number of nitrogens with two attached hydrogens (primary N) is 1. The van der Waals surface area contributed by atoms with E-state index in [0.717, 1.165) is 28.2 Å². The summed E-state index contributed by atoms with van der Waals surface area (Å²) in [5.41, 5.74) is 10.7. The normalized spacial score (nSPS) is 10.8. The summed E-state index contributed by atoms with van der Waals surface area (Å²) in [6.07, 6.45) is 0.0887. The third-order valence-corrected chi connectivity index (χ3v) is 4.46. The third kappa shape index (κ3) is 4.11. The molecule has 2 N–H and O–H groups in total. The lowest BCUT2D eigenvalue weighted by molar-refractivity contribution is -0.117. The second-order valence-corrected chi connectivity index (χ2v) is 6.61. The number of carbonyl (C=O) groups excluding carboxylic acids is 2. The minimum absolute atomic E-state index is 0.0887. The molecule has 0 atom stereocenters. The van der Waals surface area contributed by atoms with Crippen LogP contribution in [0.5, 0.6) is 0 Å². The molecular formula is C21H22N4O2. The fraction of sp³-hybridized carbons (Fsp3) is 0.238. The molecule has 0 aliphatic carbocycles. The van der Waals surface area contributed by atoms with E-state index in [9.17, 15) is 9.59 Å². The van der Waals surface area contributed by atoms with E-state index in [1.807, 2.05) is 45.0 Å². The quantitative estimate of drug-likeness (QED) is 0.755. The average molecular weight is 362 g/mol. The van der Waals surface area contributed by atoms with Crippen molar-refractivity contribution in [1.29, 1.82) is 0 Å². The first-order valence-electron chi connectivity index (χ1n) is 8.77. The first-order valence-corrected chi connectivity index (χ1v) is 8.77. The lowest BCUT2D eigenvalue weighted by Gasteiger charge is -2.23. The van der Waals surface area contributed by atoms with Crippen LogP contribution < -0.4 is 10.6 Å². The molecule has 0 spiro atoms. The summed E-state index contributed by atoms with van der Waals surface area (Å²) in [6, 6.07) is 12.9. The van der Waals surface area contributed by atoms with Gasteiger partial charge in [0.15, 0.2) is 0 Å². The number of amides is 2. The number of fused-ring (bicyclic) bond motifs is 1. The van der Waals surface area contributed by atoms with Gasteiger partial charge in [0, 0.05) is 24.2 Å². The van der Waals surface area contributed by atoms with Crippen LogP contribution in [0.3, 0.4) is 0 Å². The van der Waals surface area contributed by atoms with Crippen LogP contribution in [-0.4, -0.2) is 28.3 Å². The van der Waals surface area contributed by atoms with E-state index in [-0.39, 0.29) is 18.9 Å². The summed E-state index contributed by atoms with van der Waals surface area (Å²) < 4.78 is 0. The molecule has 0 aliphatic heterocycles. The number of hydrogen-bond acceptors (Lipinski definition) is 4. The first kappa shape index (κ1) is 18.5. The van der Waals surface area contributed by atoms with Crippen LogP contribution >= 0.6 is 0 Å². The van der Waals surface area contributed by atoms with Crippen molar-refractivity contribution in [3.05, 3.63) is 65.0 Å². The molecule has 0 unspecified atom stereocenters. The van der Waals surface area contributed by atoms with Gasteiger partial charge >= 0.3 is 0 Å². The molecule has 1 heterocycles. The van der Waals surface area contributed by atoms with Gasteiger partial charge in [0.25, 0.3) is 5.91 Å². The van der Waals surface area contributed by atoms with Crippen molar-refractivity contribution in [1.82, 2.24) is 9.97 Å². The van der Waals surface area contributed by atoms with Crippen LogP contribution in [0.1, 0.15) is 33.7 Å². The maximum absolute atomic E-state index is 13.2. The van der Waals surface area contributed by atoms with Crippen molar-refractivity contribution in [2.45, 2.75) is 27.2 Å². The molecule has 0 fully saturated rings. The molecule has 0 saturated heterocycles. The van der Waals surface area contributed by atoms with Crippen molar-refractivity contribution in [3.8, 4) is 0 Å². The second kappa shape index (κ2) is 7.53. The van der Waals surface area contributed by atoms with E-state index in [0.29, 0.717) is 11.1 Å². The lowest BCUT2D eigenvalue weighted by Crippen LogP contribution is -2.34. The molecule has 6 heteroatoms. The number of nitrogens with zero attached hydrogens (tertiary/aromatic N) is 3. The number of benzene rings is 2. The van der Waals surface area contributed by atoms with Gasteiger partial charge in [0.05, 0.1) is 22.4 Å². The summed E-state index contributed by atoms with van der Waals surface area (Å²) in [6.45, 7) is 5.97. The predicted molar refractivity (Wildman–Crippen MR) is 106 cm³/mol. The Kier molecular flexibility index (Phi) is 5.16. The van der Waals surface area contributed by atoms with Crippen molar-refractivity contribution in [3.63, 3.8) is 0 Å². The zero-order chi connectivity index (χ0) is 19.6. The van der Waals surface area contributed by atoms with Crippen molar-refractivity contribution in [2.75, 3.05) is 11.4 Å². The molecule has 3 aromatic rings. The highest BCUT2D eigenvalue weighted by Gasteiger charge is 2.19. The van der Waals surface area contributed by atoms with Crippen LogP contribution in [0.4, 0.5) is 5.69 Å². The van der Waals surface area contributed by atoms with Crippen molar-refractivity contribution in [2.24, 2.45) is 5.73 Å². The molecule has 2 aromatic carbocycles. The first-order chi connectivity index (χ1) is 12.8. The molecule has 0 bridgehead atoms.